The molecule has 2 rings (SSSR count). The second-order valence-corrected chi connectivity index (χ2v) is 4.06. The second kappa shape index (κ2) is 4.14. The average Bonchev–Trinajstić information content (AvgIpc) is 2.18. The molecule has 1 aromatic heterocycles. The molecular weight excluding hydrogens is 228 g/mol. The van der Waals surface area contributed by atoms with Crippen molar-refractivity contribution in [2.75, 3.05) is 0 Å². The first-order valence-corrected chi connectivity index (χ1v) is 5.30. The van der Waals surface area contributed by atoms with Gasteiger partial charge in [-0.05, 0) is 43.6 Å². The van der Waals surface area contributed by atoms with E-state index in [9.17, 15) is 4.79 Å². The first kappa shape index (κ1) is 11.0. The van der Waals surface area contributed by atoms with Crippen LogP contribution in [-0.2, 0) is 0 Å². The van der Waals surface area contributed by atoms with Crippen LogP contribution in [0.4, 0.5) is 0 Å². The number of H-pyrrole nitrogens is 1. The summed E-state index contributed by atoms with van der Waals surface area (Å²) in [6, 6.07) is 5.15. The van der Waals surface area contributed by atoms with Crippen LogP contribution in [0.25, 0.3) is 10.9 Å². The highest BCUT2D eigenvalue weighted by Gasteiger charge is 2.05. The summed E-state index contributed by atoms with van der Waals surface area (Å²) in [5.41, 5.74) is 0.300. The SMILES string of the molecule is CC(C)Oc1ccc2nc(Cl)[nH]c(=O)c2c1. The standard InChI is InChI=1S/C11H11ClN2O2/c1-6(2)16-7-3-4-9-8(5-7)10(15)14-11(12)13-9/h3-6H,1-2H3,(H,13,14,15). The number of hydrogen-bond donors (Lipinski definition) is 1. The van der Waals surface area contributed by atoms with Crippen LogP contribution in [0.15, 0.2) is 23.0 Å². The normalized spacial score (nSPS) is 11.0. The predicted molar refractivity (Wildman–Crippen MR) is 63.1 cm³/mol. The Bertz CT molecular complexity index is 578. The number of aromatic amines is 1. The van der Waals surface area contributed by atoms with Gasteiger partial charge in [-0.3, -0.25) is 9.78 Å². The van der Waals surface area contributed by atoms with E-state index in [0.717, 1.165) is 0 Å². The topological polar surface area (TPSA) is 55.0 Å². The fraction of sp³-hybridized carbons (Fsp3) is 0.273. The van der Waals surface area contributed by atoms with Gasteiger partial charge in [0.05, 0.1) is 17.0 Å². The number of nitrogens with zero attached hydrogens (tertiary/aromatic N) is 1. The molecule has 16 heavy (non-hydrogen) atoms. The van der Waals surface area contributed by atoms with Crippen molar-refractivity contribution < 1.29 is 4.74 Å². The fourth-order valence-corrected chi connectivity index (χ4v) is 1.61. The van der Waals surface area contributed by atoms with E-state index in [-0.39, 0.29) is 16.9 Å². The Hall–Kier alpha value is -1.55. The van der Waals surface area contributed by atoms with E-state index in [1.807, 2.05) is 13.8 Å². The summed E-state index contributed by atoms with van der Waals surface area (Å²) < 4.78 is 5.49. The van der Waals surface area contributed by atoms with Crippen LogP contribution in [0, 0.1) is 0 Å². The predicted octanol–water partition coefficient (Wildman–Crippen LogP) is 2.36. The van der Waals surface area contributed by atoms with Gasteiger partial charge in [-0.2, -0.15) is 0 Å². The van der Waals surface area contributed by atoms with Gasteiger partial charge in [-0.15, -0.1) is 0 Å². The Morgan fingerprint density at radius 1 is 1.44 bits per heavy atom. The number of fused-ring (bicyclic) bond motifs is 1. The highest BCUT2D eigenvalue weighted by atomic mass is 35.5. The molecule has 0 aliphatic carbocycles. The van der Waals surface area contributed by atoms with E-state index in [2.05, 4.69) is 9.97 Å². The molecule has 2 aromatic rings. The minimum Gasteiger partial charge on any atom is -0.491 e. The zero-order chi connectivity index (χ0) is 11.7. The van der Waals surface area contributed by atoms with E-state index in [1.165, 1.54) is 0 Å². The minimum atomic E-state index is -0.260. The van der Waals surface area contributed by atoms with Crippen LogP contribution in [0.5, 0.6) is 5.75 Å². The lowest BCUT2D eigenvalue weighted by molar-refractivity contribution is 0.242. The molecule has 84 valence electrons. The van der Waals surface area contributed by atoms with Crippen molar-refractivity contribution in [2.24, 2.45) is 0 Å². The molecule has 0 aliphatic heterocycles. The maximum atomic E-state index is 11.6. The lowest BCUT2D eigenvalue weighted by Crippen LogP contribution is -2.09. The molecule has 5 heteroatoms. The number of hydrogen-bond acceptors (Lipinski definition) is 3. The van der Waals surface area contributed by atoms with Gasteiger partial charge in [0, 0.05) is 0 Å². The smallest absolute Gasteiger partial charge is 0.259 e. The molecule has 4 nitrogen and oxygen atoms in total. The maximum absolute atomic E-state index is 11.6. The second-order valence-electron chi connectivity index (χ2n) is 3.70. The largest absolute Gasteiger partial charge is 0.491 e. The van der Waals surface area contributed by atoms with Gasteiger partial charge in [-0.1, -0.05) is 0 Å². The van der Waals surface area contributed by atoms with Crippen molar-refractivity contribution in [2.45, 2.75) is 20.0 Å². The van der Waals surface area contributed by atoms with E-state index in [1.54, 1.807) is 18.2 Å². The third kappa shape index (κ3) is 2.17. The highest BCUT2D eigenvalue weighted by Crippen LogP contribution is 2.18. The molecule has 1 heterocycles. The van der Waals surface area contributed by atoms with E-state index >= 15 is 0 Å². The van der Waals surface area contributed by atoms with Crippen LogP contribution >= 0.6 is 11.6 Å². The van der Waals surface area contributed by atoms with E-state index in [4.69, 9.17) is 16.3 Å². The molecule has 0 spiro atoms. The monoisotopic (exact) mass is 238 g/mol. The maximum Gasteiger partial charge on any atom is 0.259 e. The molecule has 0 aliphatic rings. The lowest BCUT2D eigenvalue weighted by atomic mass is 10.2. The van der Waals surface area contributed by atoms with Gasteiger partial charge in [0.2, 0.25) is 5.28 Å². The quantitative estimate of drug-likeness (QED) is 0.818. The van der Waals surface area contributed by atoms with Crippen molar-refractivity contribution >= 4 is 22.5 Å². The molecule has 1 N–H and O–H groups in total. The average molecular weight is 239 g/mol. The Morgan fingerprint density at radius 2 is 2.19 bits per heavy atom. The van der Waals surface area contributed by atoms with Crippen LogP contribution in [0.3, 0.4) is 0 Å². The number of benzene rings is 1. The third-order valence-corrected chi connectivity index (χ3v) is 2.20. The molecule has 0 saturated heterocycles. The fourth-order valence-electron chi connectivity index (χ4n) is 1.43. The first-order chi connectivity index (χ1) is 7.56. The van der Waals surface area contributed by atoms with Crippen LogP contribution in [-0.4, -0.2) is 16.1 Å². The lowest BCUT2D eigenvalue weighted by Gasteiger charge is -2.09. The summed E-state index contributed by atoms with van der Waals surface area (Å²) in [6.45, 7) is 3.85. The van der Waals surface area contributed by atoms with Gasteiger partial charge in [0.25, 0.3) is 5.56 Å². The van der Waals surface area contributed by atoms with Crippen molar-refractivity contribution in [1.82, 2.24) is 9.97 Å². The Morgan fingerprint density at radius 3 is 2.88 bits per heavy atom. The molecule has 0 bridgehead atoms. The van der Waals surface area contributed by atoms with Crippen molar-refractivity contribution in [3.63, 3.8) is 0 Å². The van der Waals surface area contributed by atoms with Gasteiger partial charge in [0.15, 0.2) is 0 Å². The Balaban J connectivity index is 2.58. The molecule has 0 atom stereocenters. The first-order valence-electron chi connectivity index (χ1n) is 4.92. The summed E-state index contributed by atoms with van der Waals surface area (Å²) in [4.78, 5) is 18.0. The van der Waals surface area contributed by atoms with Gasteiger partial charge in [-0.25, -0.2) is 4.98 Å². The molecule has 0 amide bonds. The number of nitrogens with one attached hydrogen (secondary N) is 1. The number of ether oxygens (including phenoxy) is 1. The Kier molecular flexibility index (Phi) is 2.83. The summed E-state index contributed by atoms with van der Waals surface area (Å²) in [6.07, 6.45) is 0.0665. The van der Waals surface area contributed by atoms with Crippen molar-refractivity contribution in [3.05, 3.63) is 33.8 Å². The zero-order valence-electron chi connectivity index (χ0n) is 8.95. The minimum absolute atomic E-state index is 0.0665. The number of halogens is 1. The summed E-state index contributed by atoms with van der Waals surface area (Å²) in [5, 5.41) is 0.567. The molecule has 0 radical (unpaired) electrons. The van der Waals surface area contributed by atoms with Gasteiger partial charge < -0.3 is 4.74 Å². The number of aromatic nitrogens is 2. The van der Waals surface area contributed by atoms with E-state index in [0.29, 0.717) is 16.7 Å². The molecule has 0 fully saturated rings. The highest BCUT2D eigenvalue weighted by molar-refractivity contribution is 6.28. The summed E-state index contributed by atoms with van der Waals surface area (Å²) in [5.74, 6) is 0.650. The van der Waals surface area contributed by atoms with Crippen molar-refractivity contribution in [1.29, 1.82) is 0 Å². The summed E-state index contributed by atoms with van der Waals surface area (Å²) >= 11 is 5.65. The van der Waals surface area contributed by atoms with Gasteiger partial charge in [0.1, 0.15) is 5.75 Å². The van der Waals surface area contributed by atoms with Crippen molar-refractivity contribution in [3.8, 4) is 5.75 Å². The third-order valence-electron chi connectivity index (χ3n) is 2.02. The molecular formula is C11H11ClN2O2. The Labute approximate surface area is 97.2 Å². The van der Waals surface area contributed by atoms with Crippen LogP contribution in [0.2, 0.25) is 5.28 Å². The molecule has 0 saturated carbocycles. The zero-order valence-corrected chi connectivity index (χ0v) is 9.71. The van der Waals surface area contributed by atoms with Crippen LogP contribution in [0.1, 0.15) is 13.8 Å². The molecule has 1 aromatic carbocycles. The van der Waals surface area contributed by atoms with Gasteiger partial charge >= 0.3 is 0 Å². The summed E-state index contributed by atoms with van der Waals surface area (Å²) in [7, 11) is 0. The van der Waals surface area contributed by atoms with E-state index < -0.39 is 0 Å². The number of rotatable bonds is 2. The molecule has 0 unspecified atom stereocenters. The van der Waals surface area contributed by atoms with Crippen LogP contribution < -0.4 is 10.3 Å².